The van der Waals surface area contributed by atoms with E-state index in [1.165, 1.54) is 4.90 Å². The van der Waals surface area contributed by atoms with E-state index in [0.717, 1.165) is 0 Å². The molecule has 114 valence electrons. The minimum absolute atomic E-state index is 0.0673. The minimum atomic E-state index is -1.58. The van der Waals surface area contributed by atoms with Crippen LogP contribution in [0.3, 0.4) is 0 Å². The number of rotatable bonds is 4. The molecular formula is C13H14Cl2N2O4. The van der Waals surface area contributed by atoms with Gasteiger partial charge in [0.25, 0.3) is 0 Å². The fourth-order valence-electron chi connectivity index (χ4n) is 2.46. The highest BCUT2D eigenvalue weighted by Crippen LogP contribution is 2.30. The lowest BCUT2D eigenvalue weighted by atomic mass is 9.98. The van der Waals surface area contributed by atoms with Crippen molar-refractivity contribution in [2.24, 2.45) is 5.73 Å². The minimum Gasteiger partial charge on any atom is -0.480 e. The number of carbonyl (C=O) groups is 2. The Kier molecular flexibility index (Phi) is 4.43. The molecule has 1 aromatic carbocycles. The third-order valence-corrected chi connectivity index (χ3v) is 4.18. The van der Waals surface area contributed by atoms with Crippen molar-refractivity contribution < 1.29 is 19.8 Å². The molecule has 0 aromatic heterocycles. The lowest BCUT2D eigenvalue weighted by Gasteiger charge is -2.22. The molecule has 8 heteroatoms. The third-order valence-electron chi connectivity index (χ3n) is 3.58. The molecule has 1 heterocycles. The van der Waals surface area contributed by atoms with Gasteiger partial charge in [-0.25, -0.2) is 0 Å². The smallest absolute Gasteiger partial charge is 0.325 e. The molecule has 0 aliphatic carbocycles. The second-order valence-corrected chi connectivity index (χ2v) is 6.00. The highest BCUT2D eigenvalue weighted by Gasteiger charge is 2.49. The first kappa shape index (κ1) is 16.0. The topological polar surface area (TPSA) is 104 Å². The molecule has 21 heavy (non-hydrogen) atoms. The molecule has 2 unspecified atom stereocenters. The van der Waals surface area contributed by atoms with Crippen molar-refractivity contribution in [1.29, 1.82) is 0 Å². The van der Waals surface area contributed by atoms with Crippen LogP contribution < -0.4 is 5.73 Å². The Labute approximate surface area is 131 Å². The van der Waals surface area contributed by atoms with E-state index in [-0.39, 0.29) is 19.5 Å². The number of hydrogen-bond acceptors (Lipinski definition) is 4. The number of carboxylic acids is 2. The van der Waals surface area contributed by atoms with Gasteiger partial charge in [0.1, 0.15) is 11.6 Å². The average Bonchev–Trinajstić information content (AvgIpc) is 2.73. The number of likely N-dealkylation sites (tertiary alicyclic amines) is 1. The zero-order chi connectivity index (χ0) is 15.8. The van der Waals surface area contributed by atoms with Crippen LogP contribution in [-0.2, 0) is 16.1 Å². The predicted octanol–water partition coefficient (Wildman–Crippen LogP) is 1.43. The number of nitrogens with two attached hydrogens (primary N) is 1. The lowest BCUT2D eigenvalue weighted by Crippen LogP contribution is -2.50. The number of hydrogen-bond donors (Lipinski definition) is 3. The van der Waals surface area contributed by atoms with Crippen LogP contribution in [0.1, 0.15) is 12.0 Å². The maximum atomic E-state index is 11.3. The van der Waals surface area contributed by atoms with Crippen LogP contribution in [0.25, 0.3) is 0 Å². The standard InChI is InChI=1S/C13H14Cl2N2O4/c14-8-1-2-9(15)7(3-8)5-17-6-13(16,12(20)21)4-10(17)11(18)19/h1-3,10H,4-6,16H2,(H,18,19)(H,20,21). The molecule has 1 aliphatic rings. The van der Waals surface area contributed by atoms with Crippen LogP contribution in [-0.4, -0.2) is 45.2 Å². The van der Waals surface area contributed by atoms with E-state index in [9.17, 15) is 14.7 Å². The van der Waals surface area contributed by atoms with Crippen molar-refractivity contribution in [3.63, 3.8) is 0 Å². The Morgan fingerprint density at radius 2 is 2.05 bits per heavy atom. The molecule has 1 saturated heterocycles. The van der Waals surface area contributed by atoms with E-state index in [1.807, 2.05) is 0 Å². The van der Waals surface area contributed by atoms with Crippen molar-refractivity contribution in [2.45, 2.75) is 24.5 Å². The Morgan fingerprint density at radius 3 is 2.62 bits per heavy atom. The quantitative estimate of drug-likeness (QED) is 0.770. The van der Waals surface area contributed by atoms with E-state index >= 15 is 0 Å². The SMILES string of the molecule is NC1(C(=O)O)CC(C(=O)O)N(Cc2cc(Cl)ccc2Cl)C1. The summed E-state index contributed by atoms with van der Waals surface area (Å²) in [5.74, 6) is -2.32. The molecule has 4 N–H and O–H groups in total. The van der Waals surface area contributed by atoms with Gasteiger partial charge in [-0.3, -0.25) is 14.5 Å². The summed E-state index contributed by atoms with van der Waals surface area (Å²) in [6.45, 7) is 0.102. The van der Waals surface area contributed by atoms with Crippen molar-refractivity contribution in [2.75, 3.05) is 6.54 Å². The second kappa shape index (κ2) is 5.81. The average molecular weight is 333 g/mol. The van der Waals surface area contributed by atoms with Crippen molar-refractivity contribution in [3.05, 3.63) is 33.8 Å². The number of carboxylic acid groups (broad SMARTS) is 2. The van der Waals surface area contributed by atoms with Gasteiger partial charge in [-0.15, -0.1) is 0 Å². The molecular weight excluding hydrogens is 319 g/mol. The van der Waals surface area contributed by atoms with Crippen molar-refractivity contribution in [3.8, 4) is 0 Å². The highest BCUT2D eigenvalue weighted by molar-refractivity contribution is 6.33. The van der Waals surface area contributed by atoms with Gasteiger partial charge in [0.15, 0.2) is 0 Å². The van der Waals surface area contributed by atoms with E-state index < -0.39 is 23.5 Å². The van der Waals surface area contributed by atoms with E-state index in [2.05, 4.69) is 0 Å². The fourth-order valence-corrected chi connectivity index (χ4v) is 2.83. The highest BCUT2D eigenvalue weighted by atomic mass is 35.5. The van der Waals surface area contributed by atoms with Crippen LogP contribution in [0.2, 0.25) is 10.0 Å². The van der Waals surface area contributed by atoms with Gasteiger partial charge in [-0.2, -0.15) is 0 Å². The van der Waals surface area contributed by atoms with Gasteiger partial charge in [-0.05, 0) is 23.8 Å². The zero-order valence-corrected chi connectivity index (χ0v) is 12.4. The number of nitrogens with zero attached hydrogens (tertiary/aromatic N) is 1. The fraction of sp³-hybridized carbons (Fsp3) is 0.385. The summed E-state index contributed by atoms with van der Waals surface area (Å²) in [7, 11) is 0. The Morgan fingerprint density at radius 1 is 1.38 bits per heavy atom. The van der Waals surface area contributed by atoms with Crippen molar-refractivity contribution >= 4 is 35.1 Å². The largest absolute Gasteiger partial charge is 0.480 e. The van der Waals surface area contributed by atoms with Crippen LogP contribution >= 0.6 is 23.2 Å². The molecule has 0 bridgehead atoms. The second-order valence-electron chi connectivity index (χ2n) is 5.16. The molecule has 0 saturated carbocycles. The third kappa shape index (κ3) is 3.29. The maximum Gasteiger partial charge on any atom is 0.325 e. The van der Waals surface area contributed by atoms with E-state index in [0.29, 0.717) is 15.6 Å². The molecule has 0 amide bonds. The monoisotopic (exact) mass is 332 g/mol. The Hall–Kier alpha value is -1.34. The summed E-state index contributed by atoms with van der Waals surface area (Å²) in [4.78, 5) is 24.0. The molecule has 1 aliphatic heterocycles. The van der Waals surface area contributed by atoms with Gasteiger partial charge in [0.2, 0.25) is 0 Å². The first-order valence-corrected chi connectivity index (χ1v) is 6.91. The van der Waals surface area contributed by atoms with Crippen LogP contribution in [0.4, 0.5) is 0 Å². The van der Waals surface area contributed by atoms with Crippen LogP contribution in [0, 0.1) is 0 Å². The maximum absolute atomic E-state index is 11.3. The summed E-state index contributed by atoms with van der Waals surface area (Å²) in [5.41, 5.74) is 4.83. The summed E-state index contributed by atoms with van der Waals surface area (Å²) >= 11 is 12.0. The molecule has 2 atom stereocenters. The number of aliphatic carboxylic acids is 2. The molecule has 1 aromatic rings. The molecule has 0 radical (unpaired) electrons. The summed E-state index contributed by atoms with van der Waals surface area (Å²) in [5, 5.41) is 19.3. The van der Waals surface area contributed by atoms with Gasteiger partial charge >= 0.3 is 11.9 Å². The molecule has 0 spiro atoms. The van der Waals surface area contributed by atoms with Crippen LogP contribution in [0.5, 0.6) is 0 Å². The first-order chi connectivity index (χ1) is 9.73. The molecule has 1 fully saturated rings. The van der Waals surface area contributed by atoms with Gasteiger partial charge in [-0.1, -0.05) is 23.2 Å². The molecule has 2 rings (SSSR count). The predicted molar refractivity (Wildman–Crippen MR) is 77.5 cm³/mol. The van der Waals surface area contributed by atoms with E-state index in [4.69, 9.17) is 34.0 Å². The van der Waals surface area contributed by atoms with E-state index in [1.54, 1.807) is 18.2 Å². The normalized spacial score (nSPS) is 26.0. The number of benzene rings is 1. The van der Waals surface area contributed by atoms with Gasteiger partial charge in [0.05, 0.1) is 0 Å². The van der Waals surface area contributed by atoms with Crippen molar-refractivity contribution in [1.82, 2.24) is 4.90 Å². The van der Waals surface area contributed by atoms with Gasteiger partial charge < -0.3 is 15.9 Å². The summed E-state index contributed by atoms with van der Waals surface area (Å²) in [6.07, 6.45) is -0.157. The zero-order valence-electron chi connectivity index (χ0n) is 10.9. The Balaban J connectivity index is 2.27. The van der Waals surface area contributed by atoms with Gasteiger partial charge in [0, 0.05) is 29.6 Å². The first-order valence-electron chi connectivity index (χ1n) is 6.16. The lowest BCUT2D eigenvalue weighted by molar-refractivity contribution is -0.142. The Bertz CT molecular complexity index is 596. The number of halogens is 2. The summed E-state index contributed by atoms with van der Waals surface area (Å²) < 4.78 is 0. The molecule has 6 nitrogen and oxygen atoms in total. The van der Waals surface area contributed by atoms with Crippen LogP contribution in [0.15, 0.2) is 18.2 Å². The summed E-state index contributed by atoms with van der Waals surface area (Å²) in [6, 6.07) is 3.88.